The molecule has 1 aromatic heterocycles. The number of carbonyl (C=O) groups is 1. The lowest BCUT2D eigenvalue weighted by molar-refractivity contribution is -0.120. The van der Waals surface area contributed by atoms with Gasteiger partial charge in [0.2, 0.25) is 5.91 Å². The number of aromatic amines is 1. The Labute approximate surface area is 119 Å². The Hall–Kier alpha value is -2.10. The van der Waals surface area contributed by atoms with Gasteiger partial charge in [-0.25, -0.2) is 4.98 Å². The van der Waals surface area contributed by atoms with Crippen molar-refractivity contribution in [3.63, 3.8) is 0 Å². The van der Waals surface area contributed by atoms with Crippen LogP contribution < -0.4 is 5.32 Å². The first-order valence-corrected chi connectivity index (χ1v) is 7.10. The highest BCUT2D eigenvalue weighted by Gasteiger charge is 2.04. The van der Waals surface area contributed by atoms with Gasteiger partial charge >= 0.3 is 0 Å². The number of H-pyrrole nitrogens is 1. The van der Waals surface area contributed by atoms with Crippen LogP contribution in [0, 0.1) is 0 Å². The summed E-state index contributed by atoms with van der Waals surface area (Å²) in [5, 5.41) is 2.85. The molecule has 0 aliphatic rings. The van der Waals surface area contributed by atoms with Gasteiger partial charge in [-0.3, -0.25) is 4.79 Å². The molecule has 0 saturated heterocycles. The standard InChI is InChI=1S/C16H21N3O/c1-2-3-4-13-5-7-14(8-6-13)11-16(20)19-12-15-17-9-10-18-15/h5-10H,2-4,11-12H2,1H3,(H,17,18)(H,19,20). The molecule has 4 heteroatoms. The van der Waals surface area contributed by atoms with Gasteiger partial charge in [0.05, 0.1) is 13.0 Å². The number of amides is 1. The molecule has 0 radical (unpaired) electrons. The predicted molar refractivity (Wildman–Crippen MR) is 79.2 cm³/mol. The molecular formula is C16H21N3O. The second kappa shape index (κ2) is 7.48. The van der Waals surface area contributed by atoms with Crippen LogP contribution in [0.1, 0.15) is 36.7 Å². The smallest absolute Gasteiger partial charge is 0.224 e. The SMILES string of the molecule is CCCCc1ccc(CC(=O)NCc2ncc[nH]2)cc1. The molecule has 1 heterocycles. The molecule has 106 valence electrons. The van der Waals surface area contributed by atoms with Crippen molar-refractivity contribution in [2.75, 3.05) is 0 Å². The highest BCUT2D eigenvalue weighted by Crippen LogP contribution is 2.08. The highest BCUT2D eigenvalue weighted by atomic mass is 16.1. The Bertz CT molecular complexity index is 517. The van der Waals surface area contributed by atoms with E-state index in [1.807, 2.05) is 12.1 Å². The minimum absolute atomic E-state index is 0.0164. The predicted octanol–water partition coefficient (Wildman–Crippen LogP) is 2.61. The summed E-state index contributed by atoms with van der Waals surface area (Å²) in [5.74, 6) is 0.788. The summed E-state index contributed by atoms with van der Waals surface area (Å²) >= 11 is 0. The molecule has 2 N–H and O–H groups in total. The Morgan fingerprint density at radius 3 is 2.65 bits per heavy atom. The molecule has 0 fully saturated rings. The number of benzene rings is 1. The fourth-order valence-electron chi connectivity index (χ4n) is 2.03. The molecule has 0 spiro atoms. The first-order valence-electron chi connectivity index (χ1n) is 7.10. The van der Waals surface area contributed by atoms with Gasteiger partial charge in [-0.2, -0.15) is 0 Å². The largest absolute Gasteiger partial charge is 0.349 e. The second-order valence-corrected chi connectivity index (χ2v) is 4.91. The van der Waals surface area contributed by atoms with Crippen LogP contribution in [-0.4, -0.2) is 15.9 Å². The van der Waals surface area contributed by atoms with Gasteiger partial charge < -0.3 is 10.3 Å². The summed E-state index contributed by atoms with van der Waals surface area (Å²) in [7, 11) is 0. The average Bonchev–Trinajstić information content (AvgIpc) is 2.98. The fraction of sp³-hybridized carbons (Fsp3) is 0.375. The topological polar surface area (TPSA) is 57.8 Å². The first-order chi connectivity index (χ1) is 9.78. The lowest BCUT2D eigenvalue weighted by Crippen LogP contribution is -2.25. The lowest BCUT2D eigenvalue weighted by atomic mass is 10.0. The van der Waals surface area contributed by atoms with Crippen LogP contribution >= 0.6 is 0 Å². The van der Waals surface area contributed by atoms with Gasteiger partial charge in [0, 0.05) is 12.4 Å². The van der Waals surface area contributed by atoms with Crippen LogP contribution in [0.4, 0.5) is 0 Å². The van der Waals surface area contributed by atoms with Crippen molar-refractivity contribution < 1.29 is 4.79 Å². The van der Waals surface area contributed by atoms with E-state index < -0.39 is 0 Å². The van der Waals surface area contributed by atoms with E-state index in [0.29, 0.717) is 13.0 Å². The number of imidazole rings is 1. The van der Waals surface area contributed by atoms with E-state index in [-0.39, 0.29) is 5.91 Å². The molecule has 20 heavy (non-hydrogen) atoms. The summed E-state index contributed by atoms with van der Waals surface area (Å²) in [5.41, 5.74) is 2.38. The third kappa shape index (κ3) is 4.53. The number of nitrogens with zero attached hydrogens (tertiary/aromatic N) is 1. The summed E-state index contributed by atoms with van der Waals surface area (Å²) in [4.78, 5) is 18.8. The van der Waals surface area contributed by atoms with Gasteiger partial charge in [0.1, 0.15) is 5.82 Å². The number of hydrogen-bond acceptors (Lipinski definition) is 2. The van der Waals surface area contributed by atoms with E-state index in [1.54, 1.807) is 12.4 Å². The Morgan fingerprint density at radius 1 is 1.25 bits per heavy atom. The van der Waals surface area contributed by atoms with Crippen molar-refractivity contribution in [2.45, 2.75) is 39.2 Å². The van der Waals surface area contributed by atoms with Crippen LogP contribution in [0.3, 0.4) is 0 Å². The van der Waals surface area contributed by atoms with Crippen LogP contribution in [0.2, 0.25) is 0 Å². The molecule has 2 rings (SSSR count). The Kier molecular flexibility index (Phi) is 5.35. The van der Waals surface area contributed by atoms with Crippen LogP contribution in [0.5, 0.6) is 0 Å². The van der Waals surface area contributed by atoms with Crippen molar-refractivity contribution in [1.82, 2.24) is 15.3 Å². The zero-order valence-corrected chi connectivity index (χ0v) is 11.9. The molecule has 0 aliphatic heterocycles. The molecule has 0 aliphatic carbocycles. The summed E-state index contributed by atoms with van der Waals surface area (Å²) in [6, 6.07) is 8.31. The van der Waals surface area contributed by atoms with Gasteiger partial charge in [-0.15, -0.1) is 0 Å². The highest BCUT2D eigenvalue weighted by molar-refractivity contribution is 5.78. The minimum atomic E-state index is 0.0164. The van der Waals surface area contributed by atoms with Crippen molar-refractivity contribution in [1.29, 1.82) is 0 Å². The number of carbonyl (C=O) groups excluding carboxylic acids is 1. The van der Waals surface area contributed by atoms with E-state index in [1.165, 1.54) is 18.4 Å². The summed E-state index contributed by atoms with van der Waals surface area (Å²) in [6.07, 6.45) is 7.36. The molecule has 2 aromatic rings. The van der Waals surface area contributed by atoms with Crippen molar-refractivity contribution >= 4 is 5.91 Å². The first kappa shape index (κ1) is 14.3. The molecule has 0 saturated carbocycles. The molecule has 1 amide bonds. The van der Waals surface area contributed by atoms with Crippen LogP contribution in [0.25, 0.3) is 0 Å². The third-order valence-electron chi connectivity index (χ3n) is 3.21. The number of rotatable bonds is 7. The lowest BCUT2D eigenvalue weighted by Gasteiger charge is -2.05. The molecule has 1 aromatic carbocycles. The molecule has 0 bridgehead atoms. The van der Waals surface area contributed by atoms with E-state index in [4.69, 9.17) is 0 Å². The van der Waals surface area contributed by atoms with Gasteiger partial charge in [-0.05, 0) is 24.0 Å². The van der Waals surface area contributed by atoms with Crippen LogP contribution in [-0.2, 0) is 24.2 Å². The van der Waals surface area contributed by atoms with Crippen LogP contribution in [0.15, 0.2) is 36.7 Å². The van der Waals surface area contributed by atoms with Gasteiger partial charge in [-0.1, -0.05) is 37.6 Å². The molecular weight excluding hydrogens is 250 g/mol. The summed E-state index contributed by atoms with van der Waals surface area (Å²) < 4.78 is 0. The number of aryl methyl sites for hydroxylation is 1. The normalized spacial score (nSPS) is 10.4. The quantitative estimate of drug-likeness (QED) is 0.813. The maximum Gasteiger partial charge on any atom is 0.224 e. The third-order valence-corrected chi connectivity index (χ3v) is 3.21. The molecule has 0 atom stereocenters. The molecule has 4 nitrogen and oxygen atoms in total. The monoisotopic (exact) mass is 271 g/mol. The second-order valence-electron chi connectivity index (χ2n) is 4.91. The van der Waals surface area contributed by atoms with E-state index >= 15 is 0 Å². The number of unbranched alkanes of at least 4 members (excludes halogenated alkanes) is 1. The number of aromatic nitrogens is 2. The average molecular weight is 271 g/mol. The maximum absolute atomic E-state index is 11.8. The van der Waals surface area contributed by atoms with Gasteiger partial charge in [0.25, 0.3) is 0 Å². The van der Waals surface area contributed by atoms with E-state index in [2.05, 4.69) is 34.3 Å². The zero-order chi connectivity index (χ0) is 14.2. The van der Waals surface area contributed by atoms with Crippen molar-refractivity contribution in [2.24, 2.45) is 0 Å². The molecule has 0 unspecified atom stereocenters. The Morgan fingerprint density at radius 2 is 2.00 bits per heavy atom. The van der Waals surface area contributed by atoms with E-state index in [9.17, 15) is 4.79 Å². The van der Waals surface area contributed by atoms with Crippen molar-refractivity contribution in [3.05, 3.63) is 53.6 Å². The minimum Gasteiger partial charge on any atom is -0.349 e. The number of hydrogen-bond donors (Lipinski definition) is 2. The fourth-order valence-corrected chi connectivity index (χ4v) is 2.03. The zero-order valence-electron chi connectivity index (χ0n) is 11.9. The maximum atomic E-state index is 11.8. The Balaban J connectivity index is 1.78. The number of nitrogens with one attached hydrogen (secondary N) is 2. The van der Waals surface area contributed by atoms with Crippen molar-refractivity contribution in [3.8, 4) is 0 Å². The van der Waals surface area contributed by atoms with E-state index in [0.717, 1.165) is 17.8 Å². The summed E-state index contributed by atoms with van der Waals surface area (Å²) in [6.45, 7) is 2.64. The van der Waals surface area contributed by atoms with Gasteiger partial charge in [0.15, 0.2) is 0 Å².